The van der Waals surface area contributed by atoms with Gasteiger partial charge in [0.15, 0.2) is 0 Å². The summed E-state index contributed by atoms with van der Waals surface area (Å²) < 4.78 is 1.07. The van der Waals surface area contributed by atoms with Gasteiger partial charge in [0.2, 0.25) is 5.91 Å². The number of amides is 1. The lowest BCUT2D eigenvalue weighted by atomic mass is 9.71. The molecular weight excluding hydrogens is 328 g/mol. The summed E-state index contributed by atoms with van der Waals surface area (Å²) >= 11 is 3.49. The molecule has 1 aromatic rings. The van der Waals surface area contributed by atoms with Gasteiger partial charge < -0.3 is 10.6 Å². The van der Waals surface area contributed by atoms with Crippen LogP contribution in [-0.4, -0.2) is 19.5 Å². The molecule has 0 spiro atoms. The Bertz CT molecular complexity index is 435. The quantitative estimate of drug-likeness (QED) is 0.860. The maximum Gasteiger partial charge on any atom is 0.221 e. The van der Waals surface area contributed by atoms with Crippen LogP contribution in [-0.2, 0) is 10.3 Å². The summed E-state index contributed by atoms with van der Waals surface area (Å²) in [4.78, 5) is 11.9. The van der Waals surface area contributed by atoms with E-state index in [1.165, 1.54) is 12.0 Å². The highest BCUT2D eigenvalue weighted by Gasteiger charge is 2.39. The van der Waals surface area contributed by atoms with Gasteiger partial charge in [0.25, 0.3) is 0 Å². The molecule has 0 saturated heterocycles. The Balaban J connectivity index is 0.00000180. The van der Waals surface area contributed by atoms with Crippen LogP contribution in [0, 0.1) is 0 Å². The summed E-state index contributed by atoms with van der Waals surface area (Å²) in [5.74, 6) is 0.129. The van der Waals surface area contributed by atoms with Crippen molar-refractivity contribution >= 4 is 34.2 Å². The van der Waals surface area contributed by atoms with E-state index in [0.717, 1.165) is 23.9 Å². The number of hydrogen-bond donors (Lipinski definition) is 2. The predicted octanol–water partition coefficient (Wildman–Crippen LogP) is 2.98. The van der Waals surface area contributed by atoms with Crippen molar-refractivity contribution in [3.63, 3.8) is 0 Å². The maximum absolute atomic E-state index is 11.9. The average Bonchev–Trinajstić information content (AvgIpc) is 2.31. The van der Waals surface area contributed by atoms with E-state index < -0.39 is 0 Å². The third-order valence-corrected chi connectivity index (χ3v) is 4.06. The molecule has 1 fully saturated rings. The highest BCUT2D eigenvalue weighted by atomic mass is 79.9. The molecule has 1 aromatic carbocycles. The van der Waals surface area contributed by atoms with E-state index in [0.29, 0.717) is 6.42 Å². The largest absolute Gasteiger partial charge is 0.347 e. The molecule has 0 radical (unpaired) electrons. The zero-order chi connectivity index (χ0) is 13.0. The molecule has 19 heavy (non-hydrogen) atoms. The molecule has 0 heterocycles. The fourth-order valence-corrected chi connectivity index (χ4v) is 2.77. The summed E-state index contributed by atoms with van der Waals surface area (Å²) in [7, 11) is 1.86. The van der Waals surface area contributed by atoms with Crippen molar-refractivity contribution in [2.45, 2.75) is 31.2 Å². The lowest BCUT2D eigenvalue weighted by Crippen LogP contribution is -2.51. The van der Waals surface area contributed by atoms with Crippen LogP contribution in [0.1, 0.15) is 31.2 Å². The highest BCUT2D eigenvalue weighted by Crippen LogP contribution is 2.41. The predicted molar refractivity (Wildman–Crippen MR) is 83.6 cm³/mol. The zero-order valence-electron chi connectivity index (χ0n) is 11.0. The minimum atomic E-state index is -0.130. The van der Waals surface area contributed by atoms with Crippen LogP contribution < -0.4 is 10.6 Å². The van der Waals surface area contributed by atoms with E-state index >= 15 is 0 Å². The van der Waals surface area contributed by atoms with Gasteiger partial charge in [-0.2, -0.15) is 0 Å². The van der Waals surface area contributed by atoms with E-state index in [2.05, 4.69) is 38.7 Å². The summed E-state index contributed by atoms with van der Waals surface area (Å²) in [6.45, 7) is 0.723. The van der Waals surface area contributed by atoms with Crippen LogP contribution >= 0.6 is 28.3 Å². The molecule has 106 valence electrons. The van der Waals surface area contributed by atoms with Crippen molar-refractivity contribution in [1.82, 2.24) is 10.6 Å². The molecule has 2 N–H and O–H groups in total. The SMILES string of the molecule is CNCCC(=O)NC1(c2cccc(Br)c2)CCC1.Cl. The second-order valence-corrected chi connectivity index (χ2v) is 5.76. The van der Waals surface area contributed by atoms with Crippen LogP contribution in [0.3, 0.4) is 0 Å². The van der Waals surface area contributed by atoms with Gasteiger partial charge in [0.05, 0.1) is 5.54 Å². The molecule has 2 rings (SSSR count). The van der Waals surface area contributed by atoms with E-state index in [1.807, 2.05) is 19.2 Å². The van der Waals surface area contributed by atoms with Crippen LogP contribution in [0.15, 0.2) is 28.7 Å². The monoisotopic (exact) mass is 346 g/mol. The number of carbonyl (C=O) groups is 1. The summed E-state index contributed by atoms with van der Waals surface area (Å²) in [5.41, 5.74) is 1.08. The van der Waals surface area contributed by atoms with Gasteiger partial charge in [0, 0.05) is 17.4 Å². The second kappa shape index (κ2) is 7.27. The minimum Gasteiger partial charge on any atom is -0.347 e. The summed E-state index contributed by atoms with van der Waals surface area (Å²) in [6, 6.07) is 8.25. The third-order valence-electron chi connectivity index (χ3n) is 3.57. The molecule has 0 bridgehead atoms. The first-order valence-corrected chi connectivity index (χ1v) is 7.17. The second-order valence-electron chi connectivity index (χ2n) is 4.85. The van der Waals surface area contributed by atoms with Crippen molar-refractivity contribution in [3.05, 3.63) is 34.3 Å². The Labute approximate surface area is 129 Å². The van der Waals surface area contributed by atoms with E-state index in [9.17, 15) is 4.79 Å². The van der Waals surface area contributed by atoms with Crippen molar-refractivity contribution in [2.24, 2.45) is 0 Å². The van der Waals surface area contributed by atoms with Gasteiger partial charge in [-0.3, -0.25) is 4.79 Å². The van der Waals surface area contributed by atoms with Crippen molar-refractivity contribution in [3.8, 4) is 0 Å². The Morgan fingerprint density at radius 1 is 1.42 bits per heavy atom. The fourth-order valence-electron chi connectivity index (χ4n) is 2.37. The first kappa shape index (κ1) is 16.5. The van der Waals surface area contributed by atoms with Gasteiger partial charge in [-0.05, 0) is 44.0 Å². The van der Waals surface area contributed by atoms with Crippen molar-refractivity contribution < 1.29 is 4.79 Å². The average molecular weight is 348 g/mol. The van der Waals surface area contributed by atoms with Gasteiger partial charge in [-0.1, -0.05) is 28.1 Å². The molecule has 1 aliphatic carbocycles. The van der Waals surface area contributed by atoms with Gasteiger partial charge in [-0.15, -0.1) is 12.4 Å². The molecule has 0 atom stereocenters. The Kier molecular flexibility index (Phi) is 6.30. The lowest BCUT2D eigenvalue weighted by Gasteiger charge is -2.43. The minimum absolute atomic E-state index is 0. The first-order valence-electron chi connectivity index (χ1n) is 6.38. The number of hydrogen-bond acceptors (Lipinski definition) is 2. The molecule has 1 aliphatic rings. The van der Waals surface area contributed by atoms with Crippen LogP contribution in [0.2, 0.25) is 0 Å². The normalized spacial score (nSPS) is 16.1. The molecule has 5 heteroatoms. The summed E-state index contributed by atoms with van der Waals surface area (Å²) in [5, 5.41) is 6.21. The van der Waals surface area contributed by atoms with Crippen LogP contribution in [0.5, 0.6) is 0 Å². The highest BCUT2D eigenvalue weighted by molar-refractivity contribution is 9.10. The third kappa shape index (κ3) is 3.94. The number of benzene rings is 1. The van der Waals surface area contributed by atoms with E-state index in [1.54, 1.807) is 0 Å². The topological polar surface area (TPSA) is 41.1 Å². The lowest BCUT2D eigenvalue weighted by molar-refractivity contribution is -0.124. The Hall–Kier alpha value is -0.580. The summed E-state index contributed by atoms with van der Waals surface area (Å²) in [6.07, 6.45) is 3.79. The molecular formula is C14H20BrClN2O. The molecule has 0 unspecified atom stereocenters. The Morgan fingerprint density at radius 2 is 2.16 bits per heavy atom. The molecule has 0 aromatic heterocycles. The number of carbonyl (C=O) groups excluding carboxylic acids is 1. The van der Waals surface area contributed by atoms with E-state index in [-0.39, 0.29) is 23.9 Å². The number of nitrogens with one attached hydrogen (secondary N) is 2. The van der Waals surface area contributed by atoms with Crippen LogP contribution in [0.4, 0.5) is 0 Å². The van der Waals surface area contributed by atoms with Gasteiger partial charge >= 0.3 is 0 Å². The van der Waals surface area contributed by atoms with Gasteiger partial charge in [0.1, 0.15) is 0 Å². The van der Waals surface area contributed by atoms with Crippen molar-refractivity contribution in [1.29, 1.82) is 0 Å². The number of halogens is 2. The standard InChI is InChI=1S/C14H19BrN2O.ClH/c1-16-9-6-13(18)17-14(7-3-8-14)11-4-2-5-12(15)10-11;/h2,4-5,10,16H,3,6-9H2,1H3,(H,17,18);1H. The molecule has 1 amide bonds. The zero-order valence-corrected chi connectivity index (χ0v) is 13.4. The molecule has 0 aliphatic heterocycles. The van der Waals surface area contributed by atoms with E-state index in [4.69, 9.17) is 0 Å². The Morgan fingerprint density at radius 3 is 2.68 bits per heavy atom. The molecule has 1 saturated carbocycles. The smallest absolute Gasteiger partial charge is 0.221 e. The fraction of sp³-hybridized carbons (Fsp3) is 0.500. The van der Waals surface area contributed by atoms with Crippen LogP contribution in [0.25, 0.3) is 0 Å². The van der Waals surface area contributed by atoms with Crippen molar-refractivity contribution in [2.75, 3.05) is 13.6 Å². The molecule has 3 nitrogen and oxygen atoms in total. The maximum atomic E-state index is 11.9. The number of rotatable bonds is 5. The van der Waals surface area contributed by atoms with Gasteiger partial charge in [-0.25, -0.2) is 0 Å². The first-order chi connectivity index (χ1) is 8.66.